The lowest BCUT2D eigenvalue weighted by molar-refractivity contribution is -0.118. The molecule has 3 heteroatoms. The highest BCUT2D eigenvalue weighted by Crippen LogP contribution is 2.44. The molecule has 0 bridgehead atoms. The summed E-state index contributed by atoms with van der Waals surface area (Å²) >= 11 is 5.91. The summed E-state index contributed by atoms with van der Waals surface area (Å²) in [5.41, 5.74) is 3.58. The molecule has 1 amide bonds. The predicted octanol–water partition coefficient (Wildman–Crippen LogP) is 5.36. The minimum absolute atomic E-state index is 0.0104. The summed E-state index contributed by atoms with van der Waals surface area (Å²) in [7, 11) is 0. The van der Waals surface area contributed by atoms with Crippen LogP contribution in [0, 0.1) is 17.8 Å². The molecule has 0 radical (unpaired) electrons. The van der Waals surface area contributed by atoms with Gasteiger partial charge in [0.05, 0.1) is 5.92 Å². The molecule has 0 heterocycles. The zero-order valence-electron chi connectivity index (χ0n) is 13.2. The van der Waals surface area contributed by atoms with Crippen LogP contribution in [0.2, 0.25) is 5.02 Å². The number of rotatable bonds is 4. The number of hydrogen-bond donors (Lipinski definition) is 1. The van der Waals surface area contributed by atoms with Crippen molar-refractivity contribution in [2.75, 3.05) is 5.32 Å². The quantitative estimate of drug-likeness (QED) is 0.792. The van der Waals surface area contributed by atoms with Gasteiger partial charge in [0, 0.05) is 10.7 Å². The fourth-order valence-corrected chi connectivity index (χ4v) is 3.45. The first-order valence-corrected chi connectivity index (χ1v) is 9.06. The fourth-order valence-electron chi connectivity index (χ4n) is 3.33. The molecular formula is C20H22ClNO. The van der Waals surface area contributed by atoms with Crippen LogP contribution < -0.4 is 5.32 Å². The maximum atomic E-state index is 12.7. The smallest absolute Gasteiger partial charge is 0.231 e. The number of carbonyl (C=O) groups is 1. The summed E-state index contributed by atoms with van der Waals surface area (Å²) in [5, 5.41) is 3.75. The number of anilines is 1. The van der Waals surface area contributed by atoms with Gasteiger partial charge in [0.1, 0.15) is 0 Å². The number of nitrogens with one attached hydrogen (secondary N) is 1. The Bertz CT molecular complexity index is 665. The maximum Gasteiger partial charge on any atom is 0.231 e. The molecule has 23 heavy (non-hydrogen) atoms. The van der Waals surface area contributed by atoms with Crippen molar-refractivity contribution in [1.82, 2.24) is 0 Å². The molecule has 120 valence electrons. The van der Waals surface area contributed by atoms with Crippen LogP contribution in [0.3, 0.4) is 0 Å². The van der Waals surface area contributed by atoms with Gasteiger partial charge in [-0.2, -0.15) is 0 Å². The van der Waals surface area contributed by atoms with E-state index in [1.54, 1.807) is 0 Å². The number of halogens is 1. The Morgan fingerprint density at radius 2 is 1.65 bits per heavy atom. The Morgan fingerprint density at radius 3 is 2.30 bits per heavy atom. The minimum atomic E-state index is 0.0104. The van der Waals surface area contributed by atoms with Crippen LogP contribution in [0.15, 0.2) is 47.6 Å². The Kier molecular flexibility index (Phi) is 4.02. The third kappa shape index (κ3) is 3.69. The van der Waals surface area contributed by atoms with Gasteiger partial charge < -0.3 is 5.32 Å². The van der Waals surface area contributed by atoms with Gasteiger partial charge in [0.2, 0.25) is 5.91 Å². The van der Waals surface area contributed by atoms with Crippen LogP contribution in [0.4, 0.5) is 5.69 Å². The van der Waals surface area contributed by atoms with Gasteiger partial charge >= 0.3 is 0 Å². The molecule has 3 fully saturated rings. The first kappa shape index (κ1) is 15.0. The van der Waals surface area contributed by atoms with E-state index in [1.807, 2.05) is 24.3 Å². The average molecular weight is 328 g/mol. The van der Waals surface area contributed by atoms with Crippen LogP contribution in [-0.2, 0) is 4.79 Å². The molecule has 2 nitrogen and oxygen atoms in total. The van der Waals surface area contributed by atoms with E-state index in [0.717, 1.165) is 24.4 Å². The van der Waals surface area contributed by atoms with E-state index in [4.69, 9.17) is 11.6 Å². The average Bonchev–Trinajstić information content (AvgIpc) is 3.43. The Labute approximate surface area is 142 Å². The van der Waals surface area contributed by atoms with Crippen molar-refractivity contribution in [1.29, 1.82) is 0 Å². The highest BCUT2D eigenvalue weighted by Gasteiger charge is 2.34. The van der Waals surface area contributed by atoms with E-state index >= 15 is 0 Å². The van der Waals surface area contributed by atoms with Gasteiger partial charge in [-0.1, -0.05) is 23.8 Å². The minimum Gasteiger partial charge on any atom is -0.326 e. The van der Waals surface area contributed by atoms with Gasteiger partial charge in [0.15, 0.2) is 0 Å². The molecule has 1 unspecified atom stereocenters. The lowest BCUT2D eigenvalue weighted by atomic mass is 9.97. The van der Waals surface area contributed by atoms with Crippen molar-refractivity contribution >= 4 is 23.2 Å². The van der Waals surface area contributed by atoms with Gasteiger partial charge in [-0.3, -0.25) is 4.79 Å². The molecule has 4 rings (SSSR count). The van der Waals surface area contributed by atoms with Crippen LogP contribution >= 0.6 is 11.6 Å². The molecule has 1 aromatic carbocycles. The van der Waals surface area contributed by atoms with E-state index in [1.165, 1.54) is 36.8 Å². The van der Waals surface area contributed by atoms with Crippen molar-refractivity contribution < 1.29 is 4.79 Å². The Balaban J connectivity index is 1.52. The first-order chi connectivity index (χ1) is 11.2. The second kappa shape index (κ2) is 6.16. The molecule has 3 saturated carbocycles. The number of hydrogen-bond acceptors (Lipinski definition) is 1. The topological polar surface area (TPSA) is 29.1 Å². The Morgan fingerprint density at radius 1 is 1.00 bits per heavy atom. The monoisotopic (exact) mass is 327 g/mol. The largest absolute Gasteiger partial charge is 0.326 e. The van der Waals surface area contributed by atoms with Crippen molar-refractivity contribution in [3.05, 3.63) is 52.6 Å². The molecule has 1 N–H and O–H groups in total. The van der Waals surface area contributed by atoms with E-state index in [-0.39, 0.29) is 11.8 Å². The summed E-state index contributed by atoms with van der Waals surface area (Å²) < 4.78 is 0. The third-order valence-corrected chi connectivity index (χ3v) is 5.22. The second-order valence-corrected chi connectivity index (χ2v) is 7.51. The lowest BCUT2D eigenvalue weighted by Crippen LogP contribution is -2.22. The van der Waals surface area contributed by atoms with Crippen molar-refractivity contribution in [3.63, 3.8) is 0 Å². The van der Waals surface area contributed by atoms with E-state index in [0.29, 0.717) is 10.9 Å². The predicted molar refractivity (Wildman–Crippen MR) is 94.4 cm³/mol. The van der Waals surface area contributed by atoms with Gasteiger partial charge in [-0.25, -0.2) is 0 Å². The molecule has 0 aromatic heterocycles. The van der Waals surface area contributed by atoms with Crippen LogP contribution in [0.1, 0.15) is 38.5 Å². The van der Waals surface area contributed by atoms with Crippen molar-refractivity contribution in [3.8, 4) is 0 Å². The summed E-state index contributed by atoms with van der Waals surface area (Å²) in [6, 6.07) is 7.34. The molecule has 3 aliphatic carbocycles. The fraction of sp³-hybridized carbons (Fsp3) is 0.450. The molecule has 1 aromatic rings. The molecule has 0 aliphatic heterocycles. The summed E-state index contributed by atoms with van der Waals surface area (Å²) in [6.45, 7) is 0. The highest BCUT2D eigenvalue weighted by atomic mass is 35.5. The maximum absolute atomic E-state index is 12.7. The zero-order valence-corrected chi connectivity index (χ0v) is 14.0. The summed E-state index contributed by atoms with van der Waals surface area (Å²) in [6.07, 6.45) is 12.0. The standard InChI is InChI=1S/C20H22ClNO/c21-16-6-8-17(9-7-16)22-20(23)18-10-5-15(11-13-1-2-13)19(18)12-14-3-4-14/h6-9,11-14,18H,1-5,10H2,(H,22,23)/b15-11+,19-12+. The molecule has 0 spiro atoms. The van der Waals surface area contributed by atoms with Gasteiger partial charge in [-0.15, -0.1) is 0 Å². The zero-order chi connectivity index (χ0) is 15.8. The number of allylic oxidation sites excluding steroid dienone is 3. The van der Waals surface area contributed by atoms with E-state index < -0.39 is 0 Å². The van der Waals surface area contributed by atoms with Gasteiger partial charge in [0.25, 0.3) is 0 Å². The van der Waals surface area contributed by atoms with Crippen LogP contribution in [0.5, 0.6) is 0 Å². The van der Waals surface area contributed by atoms with Crippen LogP contribution in [-0.4, -0.2) is 5.91 Å². The first-order valence-electron chi connectivity index (χ1n) is 8.68. The number of benzene rings is 1. The Hall–Kier alpha value is -1.54. The van der Waals surface area contributed by atoms with E-state index in [9.17, 15) is 4.79 Å². The lowest BCUT2D eigenvalue weighted by Gasteiger charge is -2.14. The molecule has 0 saturated heterocycles. The molecule has 1 atom stereocenters. The molecule has 3 aliphatic rings. The summed E-state index contributed by atoms with van der Waals surface area (Å²) in [5.74, 6) is 1.61. The third-order valence-electron chi connectivity index (χ3n) is 4.97. The normalized spacial score (nSPS) is 27.6. The number of amides is 1. The van der Waals surface area contributed by atoms with Crippen molar-refractivity contribution in [2.24, 2.45) is 17.8 Å². The molecular weight excluding hydrogens is 306 g/mol. The SMILES string of the molecule is O=C(Nc1ccc(Cl)cc1)C1CCC(=C\C2CC2)/C1=C\C1CC1. The number of carbonyl (C=O) groups excluding carboxylic acids is 1. The van der Waals surface area contributed by atoms with Crippen molar-refractivity contribution in [2.45, 2.75) is 38.5 Å². The van der Waals surface area contributed by atoms with E-state index in [2.05, 4.69) is 17.5 Å². The highest BCUT2D eigenvalue weighted by molar-refractivity contribution is 6.30. The second-order valence-electron chi connectivity index (χ2n) is 7.08. The summed E-state index contributed by atoms with van der Waals surface area (Å²) in [4.78, 5) is 12.7. The van der Waals surface area contributed by atoms with Crippen LogP contribution in [0.25, 0.3) is 0 Å². The van der Waals surface area contributed by atoms with Gasteiger partial charge in [-0.05, 0) is 85.8 Å².